The van der Waals surface area contributed by atoms with Gasteiger partial charge in [-0.05, 0) is 51.5 Å². The molecule has 218 valence electrons. The van der Waals surface area contributed by atoms with E-state index in [1.165, 1.54) is 0 Å². The fourth-order valence-corrected chi connectivity index (χ4v) is 8.41. The maximum atomic E-state index is 6.07. The van der Waals surface area contributed by atoms with E-state index in [4.69, 9.17) is 32.8 Å². The van der Waals surface area contributed by atoms with E-state index in [-0.39, 0.29) is 0 Å². The first kappa shape index (κ1) is 32.5. The molecule has 0 N–H and O–H groups in total. The lowest BCUT2D eigenvalue weighted by Crippen LogP contribution is -2.28. The molecule has 42 heavy (non-hydrogen) atoms. The molecule has 0 saturated heterocycles. The van der Waals surface area contributed by atoms with Gasteiger partial charge >= 0.3 is 0 Å². The Kier molecular flexibility index (Phi) is 12.7. The van der Waals surface area contributed by atoms with Gasteiger partial charge in [-0.25, -0.2) is 0 Å². The van der Waals surface area contributed by atoms with Crippen LogP contribution in [0.15, 0.2) is 54.6 Å². The fraction of sp³-hybridized carbons (Fsp3) is 0.226. The maximum absolute atomic E-state index is 6.07. The molecule has 3 aromatic carbocycles. The lowest BCUT2D eigenvalue weighted by atomic mass is 10.1. The molecule has 0 aliphatic heterocycles. The number of benzene rings is 3. The molecule has 0 atom stereocenters. The zero-order chi connectivity index (χ0) is 30.4. The summed E-state index contributed by atoms with van der Waals surface area (Å²) in [6.45, 7) is 0. The molecule has 0 fully saturated rings. The molecule has 0 saturated carbocycles. The number of para-hydroxylation sites is 3. The second-order valence-electron chi connectivity index (χ2n) is 8.78. The second kappa shape index (κ2) is 16.4. The summed E-state index contributed by atoms with van der Waals surface area (Å²) in [6.07, 6.45) is 0. The molecule has 0 bridgehead atoms. The molecule has 0 spiro atoms. The van der Waals surface area contributed by atoms with Crippen molar-refractivity contribution in [1.82, 2.24) is 0 Å². The number of rotatable bonds is 10. The standard InChI is InChI=1S/C31H36O7Si4/c1-32-22-10-7-13-25(28(22)35-4)40-19-16-31(38-39,17-20-41-26-14-8-11-23(33-2)29(26)36-5)18-21-42-27-15-9-12-24(34-3)30(27)37-6/h7-15H,40-42H2,1-6,39H3. The van der Waals surface area contributed by atoms with Gasteiger partial charge in [0.25, 0.3) is 0 Å². The van der Waals surface area contributed by atoms with Crippen molar-refractivity contribution in [2.75, 3.05) is 42.7 Å². The molecule has 0 aliphatic rings. The average molecular weight is 633 g/mol. The Morgan fingerprint density at radius 1 is 0.500 bits per heavy atom. The van der Waals surface area contributed by atoms with Crippen molar-refractivity contribution in [2.45, 2.75) is 5.60 Å². The number of ether oxygens (including phenoxy) is 6. The number of methoxy groups -OCH3 is 6. The van der Waals surface area contributed by atoms with Crippen LogP contribution in [-0.4, -0.2) is 87.3 Å². The summed E-state index contributed by atoms with van der Waals surface area (Å²) < 4.78 is 39.3. The predicted molar refractivity (Wildman–Crippen MR) is 180 cm³/mol. The highest BCUT2D eigenvalue weighted by atomic mass is 28.2. The van der Waals surface area contributed by atoms with E-state index >= 15 is 0 Å². The summed E-state index contributed by atoms with van der Waals surface area (Å²) in [6, 6.07) is 17.5. The molecule has 3 rings (SSSR count). The van der Waals surface area contributed by atoms with E-state index in [0.29, 0.717) is 45.0 Å². The van der Waals surface area contributed by atoms with Crippen LogP contribution in [0.25, 0.3) is 0 Å². The van der Waals surface area contributed by atoms with Gasteiger partial charge < -0.3 is 32.8 Å². The van der Waals surface area contributed by atoms with Gasteiger partial charge in [-0.2, -0.15) is 0 Å². The van der Waals surface area contributed by atoms with Gasteiger partial charge in [0, 0.05) is 0 Å². The van der Waals surface area contributed by atoms with Crippen LogP contribution in [0.1, 0.15) is 0 Å². The van der Waals surface area contributed by atoms with Crippen molar-refractivity contribution in [3.63, 3.8) is 0 Å². The van der Waals surface area contributed by atoms with Crippen LogP contribution in [0.2, 0.25) is 0 Å². The van der Waals surface area contributed by atoms with Crippen LogP contribution >= 0.6 is 0 Å². The van der Waals surface area contributed by atoms with Crippen molar-refractivity contribution < 1.29 is 32.8 Å². The minimum absolute atomic E-state index is 0.405. The smallest absolute Gasteiger partial charge is 0.242 e. The summed E-state index contributed by atoms with van der Waals surface area (Å²) in [5.41, 5.74) is 8.97. The molecule has 0 radical (unpaired) electrons. The first-order valence-corrected chi connectivity index (χ1v) is 18.2. The van der Waals surface area contributed by atoms with E-state index in [0.717, 1.165) is 15.6 Å². The third-order valence-corrected chi connectivity index (χ3v) is 10.9. The van der Waals surface area contributed by atoms with Crippen molar-refractivity contribution >= 4 is 54.6 Å². The SMILES string of the molecule is COc1cccc([SiH2]C#CC(C#C[SiH2]c2cccc(OC)c2OC)(C#C[SiH2]c2cccc(OC)c2OC)O[SiH3])c1OC. The van der Waals surface area contributed by atoms with Crippen LogP contribution in [0, 0.1) is 34.4 Å². The molecule has 0 unspecified atom stereocenters. The van der Waals surface area contributed by atoms with Crippen LogP contribution in [0.3, 0.4) is 0 Å². The maximum Gasteiger partial charge on any atom is 0.242 e. The highest BCUT2D eigenvalue weighted by molar-refractivity contribution is 6.64. The van der Waals surface area contributed by atoms with E-state index in [2.05, 4.69) is 34.4 Å². The third-order valence-electron chi connectivity index (χ3n) is 6.39. The Bertz CT molecular complexity index is 1380. The summed E-state index contributed by atoms with van der Waals surface area (Å²) >= 11 is 0. The van der Waals surface area contributed by atoms with Crippen molar-refractivity contribution in [3.8, 4) is 68.9 Å². The molecule has 3 aromatic rings. The van der Waals surface area contributed by atoms with E-state index in [9.17, 15) is 0 Å². The highest BCUT2D eigenvalue weighted by Gasteiger charge is 2.21. The molecular weight excluding hydrogens is 597 g/mol. The Hall–Kier alpha value is -4.03. The molecule has 0 aliphatic carbocycles. The van der Waals surface area contributed by atoms with Gasteiger partial charge in [0.05, 0.1) is 42.7 Å². The summed E-state index contributed by atoms with van der Waals surface area (Å²) in [5, 5.41) is 3.12. The largest absolute Gasteiger partial charge is 0.493 e. The van der Waals surface area contributed by atoms with Gasteiger partial charge in [-0.3, -0.25) is 0 Å². The van der Waals surface area contributed by atoms with Crippen LogP contribution in [0.4, 0.5) is 0 Å². The van der Waals surface area contributed by atoms with Crippen molar-refractivity contribution in [3.05, 3.63) is 54.6 Å². The van der Waals surface area contributed by atoms with Gasteiger partial charge in [-0.1, -0.05) is 36.4 Å². The number of hydrogen-bond donors (Lipinski definition) is 0. The van der Waals surface area contributed by atoms with E-state index in [1.54, 1.807) is 42.7 Å². The average Bonchev–Trinajstić information content (AvgIpc) is 3.03. The summed E-state index contributed by atoms with van der Waals surface area (Å²) in [5.74, 6) is 14.1. The van der Waals surface area contributed by atoms with Crippen molar-refractivity contribution in [1.29, 1.82) is 0 Å². The Morgan fingerprint density at radius 3 is 1.05 bits per heavy atom. The monoisotopic (exact) mass is 632 g/mol. The molecule has 0 aromatic heterocycles. The summed E-state index contributed by atoms with van der Waals surface area (Å²) in [4.78, 5) is 0. The zero-order valence-electron chi connectivity index (χ0n) is 25.2. The van der Waals surface area contributed by atoms with Gasteiger partial charge in [0.1, 0.15) is 28.6 Å². The first-order chi connectivity index (χ1) is 20.5. The van der Waals surface area contributed by atoms with Gasteiger partial charge in [-0.15, -0.1) is 16.6 Å². The van der Waals surface area contributed by atoms with Gasteiger partial charge in [0.2, 0.25) is 5.60 Å². The van der Waals surface area contributed by atoms with Crippen LogP contribution in [-0.2, 0) is 4.43 Å². The molecule has 0 heterocycles. The topological polar surface area (TPSA) is 64.6 Å². The number of hydrogen-bond acceptors (Lipinski definition) is 7. The highest BCUT2D eigenvalue weighted by Crippen LogP contribution is 2.25. The minimum atomic E-state index is -1.19. The van der Waals surface area contributed by atoms with E-state index < -0.39 is 34.2 Å². The molecule has 7 nitrogen and oxygen atoms in total. The quantitative estimate of drug-likeness (QED) is 0.198. The lowest BCUT2D eigenvalue weighted by molar-refractivity contribution is 0.278. The normalized spacial score (nSPS) is 12.1. The Balaban J connectivity index is 2.01. The van der Waals surface area contributed by atoms with Crippen LogP contribution in [0.5, 0.6) is 34.5 Å². The van der Waals surface area contributed by atoms with Gasteiger partial charge in [0.15, 0.2) is 45.0 Å². The molecule has 0 amide bonds. The van der Waals surface area contributed by atoms with Crippen molar-refractivity contribution in [2.24, 2.45) is 0 Å². The lowest BCUT2D eigenvalue weighted by Gasteiger charge is -2.15. The first-order valence-electron chi connectivity index (χ1n) is 13.1. The minimum Gasteiger partial charge on any atom is -0.493 e. The fourth-order valence-electron chi connectivity index (χ4n) is 4.32. The Labute approximate surface area is 258 Å². The second-order valence-corrected chi connectivity index (χ2v) is 13.6. The third kappa shape index (κ3) is 8.04. The zero-order valence-corrected chi connectivity index (χ0v) is 31.4. The summed E-state index contributed by atoms with van der Waals surface area (Å²) in [7, 11) is 6.99. The van der Waals surface area contributed by atoms with Crippen LogP contribution < -0.4 is 44.0 Å². The van der Waals surface area contributed by atoms with E-state index in [1.807, 2.05) is 54.6 Å². The molecular formula is C31H36O7Si4. The Morgan fingerprint density at radius 2 is 0.810 bits per heavy atom. The predicted octanol–water partition coefficient (Wildman–Crippen LogP) is -1.56. The molecule has 11 heteroatoms.